The van der Waals surface area contributed by atoms with Gasteiger partial charge in [-0.1, -0.05) is 18.2 Å². The van der Waals surface area contributed by atoms with Crippen molar-refractivity contribution in [2.24, 2.45) is 10.9 Å². The summed E-state index contributed by atoms with van der Waals surface area (Å²) in [6.07, 6.45) is 1.16. The summed E-state index contributed by atoms with van der Waals surface area (Å²) >= 11 is 1.91. The van der Waals surface area contributed by atoms with Crippen molar-refractivity contribution in [2.45, 2.75) is 25.2 Å². The Balaban J connectivity index is 1.81. The highest BCUT2D eigenvalue weighted by atomic mass is 32.2. The van der Waals surface area contributed by atoms with Crippen molar-refractivity contribution in [3.8, 4) is 0 Å². The maximum Gasteiger partial charge on any atom is 0.211 e. The number of aliphatic imine (C=N–C) groups is 1. The predicted octanol–water partition coefficient (Wildman–Crippen LogP) is 2.01. The highest BCUT2D eigenvalue weighted by Gasteiger charge is 2.24. The standard InChI is InChI=1S/C18H30N4O2S2/c1-3-19-18(20-11-12-21-26(23,24)4-2)22-13-10-16(14-22)15-25-17-8-6-5-7-9-17/h5-9,16,21H,3-4,10-15H2,1-2H3,(H,19,20). The van der Waals surface area contributed by atoms with Gasteiger partial charge in [0.15, 0.2) is 5.96 Å². The van der Waals surface area contributed by atoms with E-state index in [1.54, 1.807) is 6.92 Å². The van der Waals surface area contributed by atoms with Gasteiger partial charge >= 0.3 is 0 Å². The number of hydrogen-bond donors (Lipinski definition) is 2. The van der Waals surface area contributed by atoms with Gasteiger partial charge in [0.2, 0.25) is 10.0 Å². The SMILES string of the molecule is CCNC(=NCCNS(=O)(=O)CC)N1CCC(CSc2ccccc2)C1. The van der Waals surface area contributed by atoms with Gasteiger partial charge in [-0.2, -0.15) is 0 Å². The van der Waals surface area contributed by atoms with Crippen molar-refractivity contribution >= 4 is 27.7 Å². The second kappa shape index (κ2) is 10.8. The van der Waals surface area contributed by atoms with Crippen LogP contribution in [0.1, 0.15) is 20.3 Å². The second-order valence-electron chi connectivity index (χ2n) is 6.26. The molecule has 2 rings (SSSR count). The van der Waals surface area contributed by atoms with Crippen LogP contribution in [0, 0.1) is 5.92 Å². The molecule has 0 aliphatic carbocycles. The molecule has 1 aliphatic heterocycles. The Kier molecular flexibility index (Phi) is 8.74. The number of nitrogens with one attached hydrogen (secondary N) is 2. The van der Waals surface area contributed by atoms with Crippen LogP contribution in [-0.4, -0.2) is 63.5 Å². The number of guanidine groups is 1. The Morgan fingerprint density at radius 3 is 2.77 bits per heavy atom. The molecule has 1 atom stereocenters. The highest BCUT2D eigenvalue weighted by molar-refractivity contribution is 7.99. The van der Waals surface area contributed by atoms with Crippen LogP contribution < -0.4 is 10.0 Å². The lowest BCUT2D eigenvalue weighted by atomic mass is 10.2. The Hall–Kier alpha value is -1.25. The molecular weight excluding hydrogens is 368 g/mol. The van der Waals surface area contributed by atoms with Gasteiger partial charge in [0, 0.05) is 36.8 Å². The average molecular weight is 399 g/mol. The third-order valence-corrected chi connectivity index (χ3v) is 6.87. The van der Waals surface area contributed by atoms with Crippen LogP contribution in [-0.2, 0) is 10.0 Å². The summed E-state index contributed by atoms with van der Waals surface area (Å²) in [4.78, 5) is 8.18. The van der Waals surface area contributed by atoms with E-state index in [1.807, 2.05) is 24.8 Å². The first-order chi connectivity index (χ1) is 12.5. The summed E-state index contributed by atoms with van der Waals surface area (Å²) in [5.74, 6) is 2.73. The highest BCUT2D eigenvalue weighted by Crippen LogP contribution is 2.25. The number of thioether (sulfide) groups is 1. The number of hydrogen-bond acceptors (Lipinski definition) is 4. The number of benzene rings is 1. The Morgan fingerprint density at radius 2 is 2.08 bits per heavy atom. The van der Waals surface area contributed by atoms with Crippen molar-refractivity contribution in [3.05, 3.63) is 30.3 Å². The Bertz CT molecular complexity index is 665. The first-order valence-corrected chi connectivity index (χ1v) is 11.9. The van der Waals surface area contributed by atoms with E-state index in [0.717, 1.165) is 37.8 Å². The summed E-state index contributed by atoms with van der Waals surface area (Å²) in [5.41, 5.74) is 0. The van der Waals surface area contributed by atoms with E-state index in [-0.39, 0.29) is 5.75 Å². The monoisotopic (exact) mass is 398 g/mol. The van der Waals surface area contributed by atoms with Gasteiger partial charge in [-0.3, -0.25) is 4.99 Å². The van der Waals surface area contributed by atoms with Crippen molar-refractivity contribution < 1.29 is 8.42 Å². The third-order valence-electron chi connectivity index (χ3n) is 4.22. The Morgan fingerprint density at radius 1 is 1.31 bits per heavy atom. The lowest BCUT2D eigenvalue weighted by Gasteiger charge is -2.21. The Labute approximate surface area is 161 Å². The molecule has 0 spiro atoms. The fourth-order valence-electron chi connectivity index (χ4n) is 2.78. The number of nitrogens with zero attached hydrogens (tertiary/aromatic N) is 2. The summed E-state index contributed by atoms with van der Waals surface area (Å²) in [5, 5.41) is 3.32. The van der Waals surface area contributed by atoms with E-state index in [1.165, 1.54) is 4.90 Å². The molecule has 0 aromatic heterocycles. The molecule has 1 saturated heterocycles. The van der Waals surface area contributed by atoms with Crippen molar-refractivity contribution in [1.29, 1.82) is 0 Å². The largest absolute Gasteiger partial charge is 0.357 e. The molecule has 0 bridgehead atoms. The normalized spacial score (nSPS) is 18.3. The quantitative estimate of drug-likeness (QED) is 0.288. The molecule has 1 aromatic rings. The first-order valence-electron chi connectivity index (χ1n) is 9.22. The summed E-state index contributed by atoms with van der Waals surface area (Å²) in [6, 6.07) is 10.5. The summed E-state index contributed by atoms with van der Waals surface area (Å²) in [6.45, 7) is 7.26. The molecule has 1 aromatic carbocycles. The maximum absolute atomic E-state index is 11.5. The zero-order valence-corrected chi connectivity index (χ0v) is 17.3. The van der Waals surface area contributed by atoms with Gasteiger partial charge in [-0.15, -0.1) is 11.8 Å². The molecule has 1 aliphatic rings. The smallest absolute Gasteiger partial charge is 0.211 e. The van der Waals surface area contributed by atoms with Crippen LogP contribution in [0.3, 0.4) is 0 Å². The second-order valence-corrected chi connectivity index (χ2v) is 9.45. The summed E-state index contributed by atoms with van der Waals surface area (Å²) in [7, 11) is -3.15. The predicted molar refractivity (Wildman–Crippen MR) is 110 cm³/mol. The summed E-state index contributed by atoms with van der Waals surface area (Å²) < 4.78 is 25.5. The lowest BCUT2D eigenvalue weighted by Crippen LogP contribution is -2.40. The van der Waals surface area contributed by atoms with Gasteiger partial charge in [-0.05, 0) is 38.3 Å². The van der Waals surface area contributed by atoms with Crippen LogP contribution in [0.5, 0.6) is 0 Å². The van der Waals surface area contributed by atoms with Crippen LogP contribution in [0.4, 0.5) is 0 Å². The van der Waals surface area contributed by atoms with E-state index in [9.17, 15) is 8.42 Å². The minimum absolute atomic E-state index is 0.101. The topological polar surface area (TPSA) is 73.8 Å². The van der Waals surface area contributed by atoms with Crippen LogP contribution in [0.15, 0.2) is 40.2 Å². The van der Waals surface area contributed by atoms with Crippen molar-refractivity contribution in [3.63, 3.8) is 0 Å². The minimum Gasteiger partial charge on any atom is -0.357 e. The molecular formula is C18H30N4O2S2. The number of sulfonamides is 1. The first kappa shape index (κ1) is 21.1. The van der Waals surface area contributed by atoms with E-state index in [4.69, 9.17) is 0 Å². The van der Waals surface area contributed by atoms with Gasteiger partial charge in [0.05, 0.1) is 12.3 Å². The van der Waals surface area contributed by atoms with Crippen LogP contribution in [0.2, 0.25) is 0 Å². The minimum atomic E-state index is -3.15. The van der Waals surface area contributed by atoms with Gasteiger partial charge in [0.25, 0.3) is 0 Å². The van der Waals surface area contributed by atoms with E-state index < -0.39 is 10.0 Å². The molecule has 146 valence electrons. The van der Waals surface area contributed by atoms with Crippen LogP contribution in [0.25, 0.3) is 0 Å². The molecule has 8 heteroatoms. The zero-order chi connectivity index (χ0) is 18.8. The van der Waals surface area contributed by atoms with Gasteiger partial charge in [0.1, 0.15) is 0 Å². The molecule has 0 amide bonds. The van der Waals surface area contributed by atoms with Gasteiger partial charge < -0.3 is 10.2 Å². The number of rotatable bonds is 9. The molecule has 0 saturated carbocycles. The molecule has 6 nitrogen and oxygen atoms in total. The van der Waals surface area contributed by atoms with E-state index in [2.05, 4.69) is 44.2 Å². The maximum atomic E-state index is 11.5. The number of likely N-dealkylation sites (tertiary alicyclic amines) is 1. The van der Waals surface area contributed by atoms with E-state index >= 15 is 0 Å². The lowest BCUT2D eigenvalue weighted by molar-refractivity contribution is 0.474. The molecule has 0 radical (unpaired) electrons. The molecule has 1 unspecified atom stereocenters. The third kappa shape index (κ3) is 7.17. The fraction of sp³-hybridized carbons (Fsp3) is 0.611. The van der Waals surface area contributed by atoms with Gasteiger partial charge in [-0.25, -0.2) is 13.1 Å². The van der Waals surface area contributed by atoms with Crippen molar-refractivity contribution in [2.75, 3.05) is 44.2 Å². The molecule has 1 fully saturated rings. The van der Waals surface area contributed by atoms with Crippen molar-refractivity contribution in [1.82, 2.24) is 14.9 Å². The van der Waals surface area contributed by atoms with E-state index in [0.29, 0.717) is 19.0 Å². The molecule has 2 N–H and O–H groups in total. The average Bonchev–Trinajstić information content (AvgIpc) is 3.12. The zero-order valence-electron chi connectivity index (χ0n) is 15.6. The van der Waals surface area contributed by atoms with Crippen LogP contribution >= 0.6 is 11.8 Å². The molecule has 1 heterocycles. The molecule has 26 heavy (non-hydrogen) atoms. The fourth-order valence-corrected chi connectivity index (χ4v) is 4.44.